The molecule has 0 fully saturated rings. The number of anilines is 1. The Kier molecular flexibility index (Phi) is 5.76. The first-order valence-corrected chi connectivity index (χ1v) is 7.01. The minimum Gasteiger partial charge on any atom is -0.444 e. The SMILES string of the molecule is CC(C)(C)OC(=O)NCCCNc1nnc(C(F)(F)F)s1. The molecule has 0 atom stereocenters. The van der Waals surface area contributed by atoms with E-state index in [0.29, 0.717) is 30.8 Å². The fourth-order valence-electron chi connectivity index (χ4n) is 1.20. The van der Waals surface area contributed by atoms with E-state index in [-0.39, 0.29) is 5.13 Å². The fourth-order valence-corrected chi connectivity index (χ4v) is 1.83. The van der Waals surface area contributed by atoms with Gasteiger partial charge in [-0.25, -0.2) is 4.79 Å². The van der Waals surface area contributed by atoms with Gasteiger partial charge >= 0.3 is 12.3 Å². The van der Waals surface area contributed by atoms with Crippen molar-refractivity contribution in [1.82, 2.24) is 15.5 Å². The Bertz CT molecular complexity index is 471. The Labute approximate surface area is 124 Å². The van der Waals surface area contributed by atoms with Gasteiger partial charge in [-0.3, -0.25) is 0 Å². The first kappa shape index (κ1) is 17.5. The summed E-state index contributed by atoms with van der Waals surface area (Å²) in [6.07, 6.45) is -4.49. The lowest BCUT2D eigenvalue weighted by molar-refractivity contribution is -0.138. The largest absolute Gasteiger partial charge is 0.445 e. The molecule has 0 aromatic carbocycles. The number of alkyl carbamates (subject to hydrolysis) is 1. The molecule has 1 heterocycles. The molecular weight excluding hydrogens is 309 g/mol. The zero-order chi connectivity index (χ0) is 16.1. The zero-order valence-corrected chi connectivity index (χ0v) is 12.7. The van der Waals surface area contributed by atoms with Crippen molar-refractivity contribution in [3.63, 3.8) is 0 Å². The summed E-state index contributed by atoms with van der Waals surface area (Å²) in [5, 5.41) is 10.8. The molecule has 10 heteroatoms. The molecule has 120 valence electrons. The van der Waals surface area contributed by atoms with Crippen LogP contribution in [0, 0.1) is 0 Å². The summed E-state index contributed by atoms with van der Waals surface area (Å²) in [6.45, 7) is 5.96. The number of hydrogen-bond acceptors (Lipinski definition) is 6. The Morgan fingerprint density at radius 1 is 1.24 bits per heavy atom. The number of nitrogens with one attached hydrogen (secondary N) is 2. The van der Waals surface area contributed by atoms with Crippen LogP contribution in [0.25, 0.3) is 0 Å². The lowest BCUT2D eigenvalue weighted by Gasteiger charge is -2.19. The smallest absolute Gasteiger partial charge is 0.444 e. The molecule has 1 rings (SSSR count). The van der Waals surface area contributed by atoms with E-state index in [9.17, 15) is 18.0 Å². The predicted octanol–water partition coefficient (Wildman–Crippen LogP) is 2.88. The number of ether oxygens (including phenoxy) is 1. The van der Waals surface area contributed by atoms with Crippen molar-refractivity contribution in [2.75, 3.05) is 18.4 Å². The molecule has 1 aromatic heterocycles. The quantitative estimate of drug-likeness (QED) is 0.814. The summed E-state index contributed by atoms with van der Waals surface area (Å²) < 4.78 is 41.9. The van der Waals surface area contributed by atoms with Crippen LogP contribution in [0.5, 0.6) is 0 Å². The van der Waals surface area contributed by atoms with Gasteiger partial charge in [-0.15, -0.1) is 10.2 Å². The maximum Gasteiger partial charge on any atom is 0.445 e. The van der Waals surface area contributed by atoms with Crippen LogP contribution >= 0.6 is 11.3 Å². The van der Waals surface area contributed by atoms with E-state index < -0.39 is 22.9 Å². The molecular formula is C11H17F3N4O2S. The summed E-state index contributed by atoms with van der Waals surface area (Å²) in [5.74, 6) is 0. The molecule has 1 amide bonds. The van der Waals surface area contributed by atoms with Gasteiger partial charge < -0.3 is 15.4 Å². The van der Waals surface area contributed by atoms with Crippen LogP contribution in [0.1, 0.15) is 32.2 Å². The van der Waals surface area contributed by atoms with Gasteiger partial charge in [0.1, 0.15) is 5.60 Å². The van der Waals surface area contributed by atoms with Crippen LogP contribution in [-0.4, -0.2) is 35.0 Å². The molecule has 2 N–H and O–H groups in total. The van der Waals surface area contributed by atoms with E-state index in [4.69, 9.17) is 4.74 Å². The Morgan fingerprint density at radius 3 is 2.43 bits per heavy atom. The highest BCUT2D eigenvalue weighted by Crippen LogP contribution is 2.32. The van der Waals surface area contributed by atoms with Crippen molar-refractivity contribution in [3.05, 3.63) is 5.01 Å². The van der Waals surface area contributed by atoms with Crippen molar-refractivity contribution in [1.29, 1.82) is 0 Å². The summed E-state index contributed by atoms with van der Waals surface area (Å²) in [7, 11) is 0. The van der Waals surface area contributed by atoms with Gasteiger partial charge in [-0.05, 0) is 27.2 Å². The van der Waals surface area contributed by atoms with Crippen LogP contribution < -0.4 is 10.6 Å². The van der Waals surface area contributed by atoms with Crippen LogP contribution in [0.2, 0.25) is 0 Å². The maximum atomic E-state index is 12.3. The zero-order valence-electron chi connectivity index (χ0n) is 11.9. The maximum absolute atomic E-state index is 12.3. The number of rotatable bonds is 5. The van der Waals surface area contributed by atoms with Crippen LogP contribution in [0.3, 0.4) is 0 Å². The van der Waals surface area contributed by atoms with Gasteiger partial charge in [0.25, 0.3) is 0 Å². The van der Waals surface area contributed by atoms with Crippen LogP contribution in [0.15, 0.2) is 0 Å². The van der Waals surface area contributed by atoms with E-state index in [0.717, 1.165) is 0 Å². The topological polar surface area (TPSA) is 76.1 Å². The lowest BCUT2D eigenvalue weighted by atomic mass is 10.2. The average molecular weight is 326 g/mol. The molecule has 0 radical (unpaired) electrons. The molecule has 6 nitrogen and oxygen atoms in total. The second kappa shape index (κ2) is 6.92. The van der Waals surface area contributed by atoms with Crippen molar-refractivity contribution >= 4 is 22.6 Å². The fraction of sp³-hybridized carbons (Fsp3) is 0.727. The molecule has 0 aliphatic carbocycles. The summed E-state index contributed by atoms with van der Waals surface area (Å²) >= 11 is 0.442. The Morgan fingerprint density at radius 2 is 1.90 bits per heavy atom. The molecule has 0 bridgehead atoms. The molecule has 0 aliphatic heterocycles. The van der Waals surface area contributed by atoms with Crippen molar-refractivity contribution in [3.8, 4) is 0 Å². The van der Waals surface area contributed by atoms with Gasteiger partial charge in [0.15, 0.2) is 0 Å². The molecule has 0 spiro atoms. The normalized spacial score (nSPS) is 12.1. The molecule has 0 saturated heterocycles. The molecule has 0 aliphatic rings. The van der Waals surface area contributed by atoms with E-state index in [1.807, 2.05) is 0 Å². The van der Waals surface area contributed by atoms with Gasteiger partial charge in [0, 0.05) is 13.1 Å². The number of nitrogens with zero attached hydrogens (tertiary/aromatic N) is 2. The highest BCUT2D eigenvalue weighted by atomic mass is 32.1. The molecule has 21 heavy (non-hydrogen) atoms. The second-order valence-electron chi connectivity index (χ2n) is 5.12. The Hall–Kier alpha value is -1.58. The van der Waals surface area contributed by atoms with Crippen molar-refractivity contribution in [2.45, 2.75) is 39.0 Å². The summed E-state index contributed by atoms with van der Waals surface area (Å²) in [5.41, 5.74) is -0.567. The van der Waals surface area contributed by atoms with Crippen LogP contribution in [-0.2, 0) is 10.9 Å². The van der Waals surface area contributed by atoms with E-state index >= 15 is 0 Å². The number of amides is 1. The standard InChI is InChI=1S/C11H17F3N4O2S/c1-10(2,3)20-9(19)16-6-4-5-15-8-18-17-7(21-8)11(12,13)14/h4-6H2,1-3H3,(H,15,18)(H,16,19). The van der Waals surface area contributed by atoms with E-state index in [1.54, 1.807) is 20.8 Å². The van der Waals surface area contributed by atoms with Gasteiger partial charge in [-0.2, -0.15) is 13.2 Å². The minimum atomic E-state index is -4.48. The van der Waals surface area contributed by atoms with Crippen molar-refractivity contribution in [2.24, 2.45) is 0 Å². The number of carbonyl (C=O) groups is 1. The summed E-state index contributed by atoms with van der Waals surface area (Å²) in [4.78, 5) is 11.3. The number of halogens is 3. The number of aromatic nitrogens is 2. The van der Waals surface area contributed by atoms with Crippen LogP contribution in [0.4, 0.5) is 23.1 Å². The molecule has 0 unspecified atom stereocenters. The minimum absolute atomic E-state index is 0.0968. The highest BCUT2D eigenvalue weighted by molar-refractivity contribution is 7.15. The van der Waals surface area contributed by atoms with Crippen molar-refractivity contribution < 1.29 is 22.7 Å². The average Bonchev–Trinajstić information content (AvgIpc) is 2.74. The van der Waals surface area contributed by atoms with Gasteiger partial charge in [0.2, 0.25) is 10.1 Å². The third-order valence-electron chi connectivity index (χ3n) is 1.97. The number of carbonyl (C=O) groups excluding carboxylic acids is 1. The highest BCUT2D eigenvalue weighted by Gasteiger charge is 2.35. The number of hydrogen-bond donors (Lipinski definition) is 2. The van der Waals surface area contributed by atoms with Gasteiger partial charge in [0.05, 0.1) is 0 Å². The second-order valence-corrected chi connectivity index (χ2v) is 6.10. The predicted molar refractivity (Wildman–Crippen MR) is 72.3 cm³/mol. The lowest BCUT2D eigenvalue weighted by Crippen LogP contribution is -2.33. The Balaban J connectivity index is 2.20. The van der Waals surface area contributed by atoms with E-state index in [1.165, 1.54) is 0 Å². The monoisotopic (exact) mass is 326 g/mol. The first-order valence-electron chi connectivity index (χ1n) is 6.19. The third-order valence-corrected chi connectivity index (χ3v) is 2.89. The summed E-state index contributed by atoms with van der Waals surface area (Å²) in [6, 6.07) is 0. The number of alkyl halides is 3. The van der Waals surface area contributed by atoms with Gasteiger partial charge in [-0.1, -0.05) is 11.3 Å². The van der Waals surface area contributed by atoms with E-state index in [2.05, 4.69) is 20.8 Å². The first-order chi connectivity index (χ1) is 9.58. The third kappa shape index (κ3) is 7.11. The molecule has 0 saturated carbocycles. The molecule has 1 aromatic rings.